The summed E-state index contributed by atoms with van der Waals surface area (Å²) in [6.07, 6.45) is 4.53. The third-order valence-electron chi connectivity index (χ3n) is 3.65. The van der Waals surface area contributed by atoms with E-state index in [1.807, 2.05) is 12.1 Å². The highest BCUT2D eigenvalue weighted by Gasteiger charge is 2.23. The van der Waals surface area contributed by atoms with Gasteiger partial charge in [0.05, 0.1) is 0 Å². The molecule has 1 fully saturated rings. The minimum absolute atomic E-state index is 0.0429. The Hall–Kier alpha value is -1.78. The van der Waals surface area contributed by atoms with Crippen LogP contribution in [0.1, 0.15) is 28.8 Å². The lowest BCUT2D eigenvalue weighted by Gasteiger charge is -2.09. The first kappa shape index (κ1) is 16.1. The van der Waals surface area contributed by atoms with E-state index in [0.717, 1.165) is 24.8 Å². The van der Waals surface area contributed by atoms with Crippen molar-refractivity contribution in [3.05, 3.63) is 57.7 Å². The molecule has 0 spiro atoms. The van der Waals surface area contributed by atoms with Gasteiger partial charge in [0.15, 0.2) is 0 Å². The molecule has 1 aromatic carbocycles. The Kier molecular flexibility index (Phi) is 5.03. The molecule has 1 aliphatic carbocycles. The number of amides is 1. The predicted octanol–water partition coefficient (Wildman–Crippen LogP) is 3.94. The first-order valence-electron chi connectivity index (χ1n) is 7.56. The van der Waals surface area contributed by atoms with E-state index in [1.165, 1.54) is 0 Å². The third-order valence-corrected chi connectivity index (χ3v) is 4.24. The SMILES string of the molecule is O=C(NC1CC1)c1ccnc(NCCc2ccc(Cl)cc2Cl)c1. The number of nitrogens with zero attached hydrogens (tertiary/aromatic N) is 1. The normalized spacial score (nSPS) is 13.7. The van der Waals surface area contributed by atoms with Gasteiger partial charge in [-0.05, 0) is 49.1 Å². The molecular weight excluding hydrogens is 333 g/mol. The summed E-state index contributed by atoms with van der Waals surface area (Å²) in [6.45, 7) is 0.669. The number of pyridine rings is 1. The lowest BCUT2D eigenvalue weighted by Crippen LogP contribution is -2.25. The number of carbonyl (C=O) groups excluding carboxylic acids is 1. The largest absolute Gasteiger partial charge is 0.370 e. The fourth-order valence-corrected chi connectivity index (χ4v) is 2.72. The van der Waals surface area contributed by atoms with Crippen LogP contribution in [0.5, 0.6) is 0 Å². The van der Waals surface area contributed by atoms with Crippen molar-refractivity contribution in [2.24, 2.45) is 0 Å². The topological polar surface area (TPSA) is 54.0 Å². The van der Waals surface area contributed by atoms with E-state index in [-0.39, 0.29) is 5.91 Å². The monoisotopic (exact) mass is 349 g/mol. The van der Waals surface area contributed by atoms with Crippen molar-refractivity contribution in [1.29, 1.82) is 0 Å². The molecule has 1 heterocycles. The number of rotatable bonds is 6. The van der Waals surface area contributed by atoms with Crippen LogP contribution in [0, 0.1) is 0 Å². The van der Waals surface area contributed by atoms with Crippen LogP contribution >= 0.6 is 23.2 Å². The maximum absolute atomic E-state index is 12.0. The van der Waals surface area contributed by atoms with Crippen molar-refractivity contribution in [3.63, 3.8) is 0 Å². The first-order chi connectivity index (χ1) is 11.1. The van der Waals surface area contributed by atoms with Crippen LogP contribution in [0.25, 0.3) is 0 Å². The molecule has 1 aliphatic rings. The van der Waals surface area contributed by atoms with Crippen LogP contribution in [0.4, 0.5) is 5.82 Å². The Balaban J connectivity index is 1.56. The molecule has 0 atom stereocenters. The Morgan fingerprint density at radius 1 is 1.22 bits per heavy atom. The van der Waals surface area contributed by atoms with E-state index in [2.05, 4.69) is 15.6 Å². The number of halogens is 2. The summed E-state index contributed by atoms with van der Waals surface area (Å²) in [5.41, 5.74) is 1.64. The van der Waals surface area contributed by atoms with Crippen molar-refractivity contribution < 1.29 is 4.79 Å². The summed E-state index contributed by atoms with van der Waals surface area (Å²) in [7, 11) is 0. The molecule has 0 saturated heterocycles. The molecule has 1 aromatic heterocycles. The van der Waals surface area contributed by atoms with E-state index in [4.69, 9.17) is 23.2 Å². The van der Waals surface area contributed by atoms with E-state index >= 15 is 0 Å². The zero-order chi connectivity index (χ0) is 16.2. The molecule has 0 unspecified atom stereocenters. The third kappa shape index (κ3) is 4.60. The van der Waals surface area contributed by atoms with Crippen LogP contribution in [-0.4, -0.2) is 23.5 Å². The van der Waals surface area contributed by atoms with Crippen molar-refractivity contribution in [2.75, 3.05) is 11.9 Å². The van der Waals surface area contributed by atoms with Gasteiger partial charge >= 0.3 is 0 Å². The molecule has 4 nitrogen and oxygen atoms in total. The fourth-order valence-electron chi connectivity index (χ4n) is 2.21. The number of hydrogen-bond donors (Lipinski definition) is 2. The van der Waals surface area contributed by atoms with Crippen molar-refractivity contribution in [2.45, 2.75) is 25.3 Å². The second kappa shape index (κ2) is 7.20. The minimum Gasteiger partial charge on any atom is -0.370 e. The van der Waals surface area contributed by atoms with Crippen molar-refractivity contribution >= 4 is 34.9 Å². The van der Waals surface area contributed by atoms with Crippen LogP contribution in [0.15, 0.2) is 36.5 Å². The van der Waals surface area contributed by atoms with Crippen molar-refractivity contribution in [1.82, 2.24) is 10.3 Å². The van der Waals surface area contributed by atoms with Gasteiger partial charge in [0, 0.05) is 34.4 Å². The van der Waals surface area contributed by atoms with Crippen LogP contribution < -0.4 is 10.6 Å². The minimum atomic E-state index is -0.0429. The summed E-state index contributed by atoms with van der Waals surface area (Å²) < 4.78 is 0. The second-order valence-electron chi connectivity index (χ2n) is 5.59. The number of carbonyl (C=O) groups is 1. The highest BCUT2D eigenvalue weighted by molar-refractivity contribution is 6.35. The highest BCUT2D eigenvalue weighted by atomic mass is 35.5. The zero-order valence-electron chi connectivity index (χ0n) is 12.5. The fraction of sp³-hybridized carbons (Fsp3) is 0.294. The lowest BCUT2D eigenvalue weighted by atomic mass is 10.1. The van der Waals surface area contributed by atoms with Crippen LogP contribution in [0.3, 0.4) is 0 Å². The zero-order valence-corrected chi connectivity index (χ0v) is 14.0. The predicted molar refractivity (Wildman–Crippen MR) is 93.4 cm³/mol. The Morgan fingerprint density at radius 2 is 2.04 bits per heavy atom. The van der Waals surface area contributed by atoms with Gasteiger partial charge in [0.25, 0.3) is 5.91 Å². The van der Waals surface area contributed by atoms with Gasteiger partial charge in [0.1, 0.15) is 5.82 Å². The summed E-state index contributed by atoms with van der Waals surface area (Å²) in [4.78, 5) is 16.3. The molecule has 0 aliphatic heterocycles. The Morgan fingerprint density at radius 3 is 2.78 bits per heavy atom. The van der Waals surface area contributed by atoms with Gasteiger partial charge in [-0.15, -0.1) is 0 Å². The number of anilines is 1. The number of benzene rings is 1. The van der Waals surface area contributed by atoms with Gasteiger partial charge < -0.3 is 10.6 Å². The molecule has 1 amide bonds. The quantitative estimate of drug-likeness (QED) is 0.830. The first-order valence-corrected chi connectivity index (χ1v) is 8.32. The maximum atomic E-state index is 12.0. The van der Waals surface area contributed by atoms with Crippen LogP contribution in [-0.2, 0) is 6.42 Å². The molecule has 23 heavy (non-hydrogen) atoms. The number of hydrogen-bond acceptors (Lipinski definition) is 3. The van der Waals surface area contributed by atoms with E-state index in [9.17, 15) is 4.79 Å². The summed E-state index contributed by atoms with van der Waals surface area (Å²) >= 11 is 12.0. The smallest absolute Gasteiger partial charge is 0.251 e. The van der Waals surface area contributed by atoms with E-state index < -0.39 is 0 Å². The lowest BCUT2D eigenvalue weighted by molar-refractivity contribution is 0.0951. The molecule has 6 heteroatoms. The molecule has 0 bridgehead atoms. The molecule has 120 valence electrons. The average Bonchev–Trinajstić information content (AvgIpc) is 3.34. The number of aromatic nitrogens is 1. The summed E-state index contributed by atoms with van der Waals surface area (Å²) in [6, 6.07) is 9.31. The molecule has 0 radical (unpaired) electrons. The summed E-state index contributed by atoms with van der Waals surface area (Å²) in [5.74, 6) is 0.636. The Labute approximate surface area is 145 Å². The van der Waals surface area contributed by atoms with Gasteiger partial charge in [-0.3, -0.25) is 4.79 Å². The van der Waals surface area contributed by atoms with Crippen LogP contribution in [0.2, 0.25) is 10.0 Å². The van der Waals surface area contributed by atoms with Gasteiger partial charge in [-0.25, -0.2) is 4.98 Å². The molecule has 1 saturated carbocycles. The van der Waals surface area contributed by atoms with E-state index in [1.54, 1.807) is 24.4 Å². The summed E-state index contributed by atoms with van der Waals surface area (Å²) in [5, 5.41) is 7.47. The second-order valence-corrected chi connectivity index (χ2v) is 6.43. The maximum Gasteiger partial charge on any atom is 0.251 e. The molecule has 3 rings (SSSR count). The standard InChI is InChI=1S/C17H17Cl2N3O/c18-13-2-1-11(15(19)10-13)5-7-20-16-9-12(6-8-21-16)17(23)22-14-3-4-14/h1-2,6,8-10,14H,3-5,7H2,(H,20,21)(H,22,23). The van der Waals surface area contributed by atoms with Gasteiger partial charge in [0.2, 0.25) is 0 Å². The van der Waals surface area contributed by atoms with Gasteiger partial charge in [-0.1, -0.05) is 29.3 Å². The molecule has 2 N–H and O–H groups in total. The van der Waals surface area contributed by atoms with Crippen molar-refractivity contribution in [3.8, 4) is 0 Å². The number of nitrogens with one attached hydrogen (secondary N) is 2. The highest BCUT2D eigenvalue weighted by Crippen LogP contribution is 2.22. The molecular formula is C17H17Cl2N3O. The Bertz CT molecular complexity index is 717. The average molecular weight is 350 g/mol. The van der Waals surface area contributed by atoms with E-state index in [0.29, 0.717) is 34.0 Å². The molecule has 2 aromatic rings. The van der Waals surface area contributed by atoms with Gasteiger partial charge in [-0.2, -0.15) is 0 Å².